The molecule has 6 aromatic rings. The van der Waals surface area contributed by atoms with Gasteiger partial charge in [0, 0.05) is 61.2 Å². The third-order valence-electron chi connectivity index (χ3n) is 10.2. The number of nitrogens with zero attached hydrogens (tertiary/aromatic N) is 6. The van der Waals surface area contributed by atoms with Crippen molar-refractivity contribution in [1.82, 2.24) is 29.2 Å². The van der Waals surface area contributed by atoms with Crippen LogP contribution in [0.5, 0.6) is 0 Å². The number of rotatable bonds is 14. The number of imidazole rings is 1. The van der Waals surface area contributed by atoms with Gasteiger partial charge < -0.3 is 20.3 Å². The van der Waals surface area contributed by atoms with Crippen LogP contribution in [0, 0.1) is 5.82 Å². The molecule has 2 aliphatic rings. The molecular formula is C42H42FN9O5S2. The first-order valence-electron chi connectivity index (χ1n) is 19.2. The summed E-state index contributed by atoms with van der Waals surface area (Å²) < 4.78 is 51.6. The van der Waals surface area contributed by atoms with Crippen molar-refractivity contribution in [2.24, 2.45) is 0 Å². The summed E-state index contributed by atoms with van der Waals surface area (Å²) in [7, 11) is -4.47. The summed E-state index contributed by atoms with van der Waals surface area (Å²) in [6, 6.07) is 27.3. The van der Waals surface area contributed by atoms with E-state index in [4.69, 9.17) is 4.74 Å². The number of morpholine rings is 1. The maximum atomic E-state index is 15.6. The Morgan fingerprint density at radius 3 is 2.54 bits per heavy atom. The molecule has 0 saturated carbocycles. The molecule has 14 nitrogen and oxygen atoms in total. The SMILES string of the molecule is O=C(NS(=O)(=O)c1ccc(N[C@H](CCN2CCOCC2)CSc2ccccc2)c(F)c1)c1cccc(N2CCc3cccc(C(=O)Nc4cn5ncccc5n4)c3C2)n1. The Balaban J connectivity index is 0.922. The molecule has 0 spiro atoms. The number of amides is 2. The van der Waals surface area contributed by atoms with E-state index in [9.17, 15) is 18.0 Å². The zero-order chi connectivity index (χ0) is 40.8. The number of aromatic nitrogens is 4. The summed E-state index contributed by atoms with van der Waals surface area (Å²) in [5.41, 5.74) is 2.91. The van der Waals surface area contributed by atoms with E-state index in [2.05, 4.69) is 35.3 Å². The number of thioether (sulfide) groups is 1. The Morgan fingerprint density at radius 2 is 1.73 bits per heavy atom. The average Bonchev–Trinajstić information content (AvgIpc) is 3.67. The van der Waals surface area contributed by atoms with Crippen LogP contribution in [0.2, 0.25) is 0 Å². The maximum Gasteiger partial charge on any atom is 0.283 e. The predicted octanol–water partition coefficient (Wildman–Crippen LogP) is 5.49. The van der Waals surface area contributed by atoms with Gasteiger partial charge in [-0.2, -0.15) is 5.10 Å². The minimum atomic E-state index is -4.47. The molecule has 3 N–H and O–H groups in total. The largest absolute Gasteiger partial charge is 0.379 e. The van der Waals surface area contributed by atoms with Gasteiger partial charge in [0.2, 0.25) is 0 Å². The highest BCUT2D eigenvalue weighted by molar-refractivity contribution is 7.99. The topological polar surface area (TPSA) is 163 Å². The van der Waals surface area contributed by atoms with Gasteiger partial charge in [0.1, 0.15) is 17.3 Å². The van der Waals surface area contributed by atoms with Crippen LogP contribution in [0.4, 0.5) is 21.7 Å². The number of sulfonamides is 1. The number of carbonyl (C=O) groups is 2. The third-order valence-corrected chi connectivity index (χ3v) is 12.7. The lowest BCUT2D eigenvalue weighted by Crippen LogP contribution is -2.39. The van der Waals surface area contributed by atoms with E-state index >= 15 is 4.39 Å². The normalized spacial score (nSPS) is 15.0. The summed E-state index contributed by atoms with van der Waals surface area (Å²) in [6.07, 6.45) is 4.61. The van der Waals surface area contributed by atoms with Crippen LogP contribution in [-0.4, -0.2) is 95.9 Å². The smallest absolute Gasteiger partial charge is 0.283 e. The molecule has 1 saturated heterocycles. The second kappa shape index (κ2) is 17.9. The van der Waals surface area contributed by atoms with Gasteiger partial charge in [-0.05, 0) is 84.6 Å². The van der Waals surface area contributed by atoms with Gasteiger partial charge in [-0.15, -0.1) is 11.8 Å². The van der Waals surface area contributed by atoms with Crippen molar-refractivity contribution in [1.29, 1.82) is 0 Å². The molecule has 0 radical (unpaired) electrons. The highest BCUT2D eigenvalue weighted by Crippen LogP contribution is 2.28. The maximum absolute atomic E-state index is 15.6. The Hall–Kier alpha value is -5.88. The van der Waals surface area contributed by atoms with E-state index in [-0.39, 0.29) is 23.3 Å². The number of anilines is 3. The van der Waals surface area contributed by atoms with Gasteiger partial charge in [0.15, 0.2) is 11.5 Å². The Kier molecular flexibility index (Phi) is 12.1. The molecule has 1 fully saturated rings. The fraction of sp³-hybridized carbons (Fsp3) is 0.262. The van der Waals surface area contributed by atoms with E-state index in [1.807, 2.05) is 47.4 Å². The number of hydrogen-bond donors (Lipinski definition) is 3. The number of nitrogens with one attached hydrogen (secondary N) is 3. The molecule has 0 bridgehead atoms. The van der Waals surface area contributed by atoms with Gasteiger partial charge in [-0.1, -0.05) is 36.4 Å². The molecule has 8 rings (SSSR count). The number of halogens is 1. The number of ether oxygens (including phenoxy) is 1. The van der Waals surface area contributed by atoms with Gasteiger partial charge >= 0.3 is 0 Å². The lowest BCUT2D eigenvalue weighted by molar-refractivity contribution is 0.0370. The quantitative estimate of drug-likeness (QED) is 0.119. The van der Waals surface area contributed by atoms with Crippen molar-refractivity contribution in [3.63, 3.8) is 0 Å². The highest BCUT2D eigenvalue weighted by atomic mass is 32.2. The summed E-state index contributed by atoms with van der Waals surface area (Å²) >= 11 is 1.66. The van der Waals surface area contributed by atoms with Gasteiger partial charge in [0.05, 0.1) is 30.0 Å². The standard InChI is InChI=1S/C42H42FN9O5S2/c43-35-25-32(14-15-36(35)45-30(17-19-50-21-23-57-24-22-50)28-58-31-8-2-1-3-9-31)59(55,56)49-42(54)37-11-5-12-39(46-37)51-20-16-29-7-4-10-33(34(29)26-51)41(53)48-38-27-52-40(47-38)13-6-18-44-52/h1-15,18,25,27,30,45H,16-17,19-24,26,28H2,(H,48,53)(H,49,54)/t30-/m1/s1. The lowest BCUT2D eigenvalue weighted by atomic mass is 9.94. The van der Waals surface area contributed by atoms with E-state index < -0.39 is 26.6 Å². The fourth-order valence-corrected chi connectivity index (χ4v) is 9.06. The van der Waals surface area contributed by atoms with Crippen LogP contribution >= 0.6 is 11.8 Å². The molecule has 3 aromatic heterocycles. The Labute approximate surface area is 345 Å². The minimum absolute atomic E-state index is 0.115. The molecule has 3 aromatic carbocycles. The first-order valence-corrected chi connectivity index (χ1v) is 21.7. The van der Waals surface area contributed by atoms with Crippen molar-refractivity contribution in [3.05, 3.63) is 138 Å². The van der Waals surface area contributed by atoms with Crippen molar-refractivity contribution in [3.8, 4) is 0 Å². The molecule has 2 aliphatic heterocycles. The molecule has 1 atom stereocenters. The summed E-state index contributed by atoms with van der Waals surface area (Å²) in [6.45, 7) is 4.71. The number of carbonyl (C=O) groups excluding carboxylic acids is 2. The van der Waals surface area contributed by atoms with E-state index in [1.165, 1.54) is 18.2 Å². The predicted molar refractivity (Wildman–Crippen MR) is 224 cm³/mol. The minimum Gasteiger partial charge on any atom is -0.379 e. The van der Waals surface area contributed by atoms with Gasteiger partial charge in [-0.3, -0.25) is 14.5 Å². The summed E-state index contributed by atoms with van der Waals surface area (Å²) in [4.78, 5) is 40.7. The van der Waals surface area contributed by atoms with Gasteiger partial charge in [-0.25, -0.2) is 32.0 Å². The molecule has 304 valence electrons. The van der Waals surface area contributed by atoms with Crippen LogP contribution in [0.1, 0.15) is 38.4 Å². The number of pyridine rings is 1. The molecule has 5 heterocycles. The lowest BCUT2D eigenvalue weighted by Gasteiger charge is -2.31. The number of hydrogen-bond acceptors (Lipinski definition) is 12. The van der Waals surface area contributed by atoms with Crippen LogP contribution in [-0.2, 0) is 27.7 Å². The van der Waals surface area contributed by atoms with E-state index in [1.54, 1.807) is 59.0 Å². The first kappa shape index (κ1) is 39.9. The monoisotopic (exact) mass is 835 g/mol. The first-order chi connectivity index (χ1) is 28.7. The van der Waals surface area contributed by atoms with E-state index in [0.29, 0.717) is 61.3 Å². The van der Waals surface area contributed by atoms with Crippen LogP contribution < -0.4 is 20.3 Å². The molecule has 0 aliphatic carbocycles. The van der Waals surface area contributed by atoms with E-state index in [0.717, 1.165) is 48.1 Å². The third kappa shape index (κ3) is 9.71. The van der Waals surface area contributed by atoms with Crippen LogP contribution in [0.3, 0.4) is 0 Å². The average molecular weight is 836 g/mol. The zero-order valence-corrected chi connectivity index (χ0v) is 33.6. The van der Waals surface area contributed by atoms with Crippen molar-refractivity contribution >= 4 is 56.6 Å². The molecule has 17 heteroatoms. The summed E-state index contributed by atoms with van der Waals surface area (Å²) in [5.74, 6) is -0.590. The van der Waals surface area contributed by atoms with Crippen molar-refractivity contribution in [2.75, 3.05) is 60.7 Å². The highest BCUT2D eigenvalue weighted by Gasteiger charge is 2.26. The second-order valence-corrected chi connectivity index (χ2v) is 17.0. The fourth-order valence-electron chi connectivity index (χ4n) is 7.10. The van der Waals surface area contributed by atoms with Crippen molar-refractivity contribution in [2.45, 2.75) is 35.2 Å². The van der Waals surface area contributed by atoms with Crippen molar-refractivity contribution < 1.29 is 27.1 Å². The van der Waals surface area contributed by atoms with Crippen LogP contribution in [0.15, 0.2) is 119 Å². The Morgan fingerprint density at radius 1 is 0.898 bits per heavy atom. The number of fused-ring (bicyclic) bond motifs is 2. The molecule has 2 amide bonds. The second-order valence-electron chi connectivity index (χ2n) is 14.2. The molecule has 0 unspecified atom stereocenters. The Bertz CT molecular complexity index is 2540. The number of benzene rings is 3. The van der Waals surface area contributed by atoms with Crippen LogP contribution in [0.25, 0.3) is 5.65 Å². The zero-order valence-electron chi connectivity index (χ0n) is 32.0. The van der Waals surface area contributed by atoms with Gasteiger partial charge in [0.25, 0.3) is 21.8 Å². The molecular weight excluding hydrogens is 794 g/mol. The summed E-state index contributed by atoms with van der Waals surface area (Å²) in [5, 5.41) is 10.4. The molecule has 59 heavy (non-hydrogen) atoms.